The summed E-state index contributed by atoms with van der Waals surface area (Å²) in [6, 6.07) is 9.25. The molecule has 1 heterocycles. The first-order valence-electron chi connectivity index (χ1n) is 5.94. The van der Waals surface area contributed by atoms with E-state index in [0.717, 1.165) is 17.2 Å². The van der Waals surface area contributed by atoms with Crippen molar-refractivity contribution in [2.75, 3.05) is 5.73 Å². The van der Waals surface area contributed by atoms with Crippen LogP contribution in [0.5, 0.6) is 0 Å². The van der Waals surface area contributed by atoms with E-state index in [9.17, 15) is 9.18 Å². The number of anilines is 1. The first-order chi connectivity index (χ1) is 9.15. The fourth-order valence-corrected chi connectivity index (χ4v) is 2.21. The van der Waals surface area contributed by atoms with E-state index in [0.29, 0.717) is 24.3 Å². The molecule has 0 spiro atoms. The zero-order valence-electron chi connectivity index (χ0n) is 10.2. The van der Waals surface area contributed by atoms with E-state index < -0.39 is 5.82 Å². The van der Waals surface area contributed by atoms with Gasteiger partial charge in [-0.3, -0.25) is 4.79 Å². The van der Waals surface area contributed by atoms with Crippen LogP contribution in [0, 0.1) is 5.82 Å². The van der Waals surface area contributed by atoms with Crippen LogP contribution in [-0.4, -0.2) is 5.78 Å². The van der Waals surface area contributed by atoms with E-state index >= 15 is 0 Å². The van der Waals surface area contributed by atoms with Crippen molar-refractivity contribution in [1.29, 1.82) is 0 Å². The van der Waals surface area contributed by atoms with Crippen LogP contribution in [-0.2, 0) is 18.0 Å². The van der Waals surface area contributed by atoms with Gasteiger partial charge in [0.25, 0.3) is 0 Å². The van der Waals surface area contributed by atoms with E-state index in [1.807, 2.05) is 12.1 Å². The largest absolute Gasteiger partial charge is 0.398 e. The van der Waals surface area contributed by atoms with Crippen LogP contribution >= 0.6 is 0 Å². The Bertz CT molecular complexity index is 667. The first kappa shape index (κ1) is 11.9. The second-order valence-electron chi connectivity index (χ2n) is 4.54. The predicted octanol–water partition coefficient (Wildman–Crippen LogP) is 2.67. The molecule has 1 aliphatic rings. The third-order valence-corrected chi connectivity index (χ3v) is 3.24. The molecule has 1 aliphatic heterocycles. The molecular weight excluding hydrogens is 245 g/mol. The summed E-state index contributed by atoms with van der Waals surface area (Å²) in [6.07, 6.45) is 0. The number of carbonyl (C=O) groups excluding carboxylic acids is 1. The molecule has 0 fully saturated rings. The first-order valence-corrected chi connectivity index (χ1v) is 5.94. The zero-order chi connectivity index (χ0) is 13.4. The molecule has 96 valence electrons. The van der Waals surface area contributed by atoms with Crippen LogP contribution in [0.1, 0.15) is 27.0 Å². The van der Waals surface area contributed by atoms with Gasteiger partial charge in [-0.2, -0.15) is 0 Å². The number of nitrogens with two attached hydrogens (primary N) is 1. The van der Waals surface area contributed by atoms with E-state index in [-0.39, 0.29) is 11.5 Å². The quantitative estimate of drug-likeness (QED) is 0.664. The molecule has 2 N–H and O–H groups in total. The average molecular weight is 257 g/mol. The third kappa shape index (κ3) is 2.11. The molecular formula is C15H12FNO2. The highest BCUT2D eigenvalue weighted by Crippen LogP contribution is 2.24. The van der Waals surface area contributed by atoms with Gasteiger partial charge >= 0.3 is 0 Å². The van der Waals surface area contributed by atoms with Crippen molar-refractivity contribution in [3.63, 3.8) is 0 Å². The van der Waals surface area contributed by atoms with E-state index in [1.165, 1.54) is 12.1 Å². The Morgan fingerprint density at radius 2 is 1.89 bits per heavy atom. The maximum Gasteiger partial charge on any atom is 0.195 e. The Morgan fingerprint density at radius 3 is 2.68 bits per heavy atom. The highest BCUT2D eigenvalue weighted by atomic mass is 19.1. The van der Waals surface area contributed by atoms with Gasteiger partial charge in [-0.15, -0.1) is 0 Å². The van der Waals surface area contributed by atoms with Crippen LogP contribution in [0.2, 0.25) is 0 Å². The minimum atomic E-state index is -0.448. The van der Waals surface area contributed by atoms with Crippen LogP contribution in [0.3, 0.4) is 0 Å². The second-order valence-corrected chi connectivity index (χ2v) is 4.54. The normalized spacial score (nSPS) is 13.3. The van der Waals surface area contributed by atoms with Crippen LogP contribution in [0.15, 0.2) is 36.4 Å². The Balaban J connectivity index is 2.00. The smallest absolute Gasteiger partial charge is 0.195 e. The molecule has 0 atom stereocenters. The van der Waals surface area contributed by atoms with Crippen LogP contribution in [0.4, 0.5) is 10.1 Å². The number of halogens is 1. The molecule has 0 radical (unpaired) electrons. The lowest BCUT2D eigenvalue weighted by Crippen LogP contribution is -2.06. The van der Waals surface area contributed by atoms with Crippen LogP contribution in [0.25, 0.3) is 0 Å². The highest BCUT2D eigenvalue weighted by molar-refractivity contribution is 6.12. The Labute approximate surface area is 109 Å². The molecule has 3 nitrogen and oxygen atoms in total. The molecule has 2 aromatic carbocycles. The standard InChI is InChI=1S/C15H12FNO2/c16-12-3-4-13(14(17)6-12)15(18)9-1-2-10-7-19-8-11(10)5-9/h1-6H,7-8,17H2. The fourth-order valence-electron chi connectivity index (χ4n) is 2.21. The van der Waals surface area contributed by atoms with Crippen molar-refractivity contribution in [3.05, 3.63) is 64.5 Å². The Hall–Kier alpha value is -2.20. The summed E-state index contributed by atoms with van der Waals surface area (Å²) in [7, 11) is 0. The molecule has 0 unspecified atom stereocenters. The summed E-state index contributed by atoms with van der Waals surface area (Å²) in [5.74, 6) is -0.649. The minimum Gasteiger partial charge on any atom is -0.398 e. The van der Waals surface area contributed by atoms with Crippen molar-refractivity contribution in [1.82, 2.24) is 0 Å². The Kier molecular flexibility index (Phi) is 2.80. The molecule has 0 bridgehead atoms. The molecule has 0 aliphatic carbocycles. The minimum absolute atomic E-state index is 0.154. The lowest BCUT2D eigenvalue weighted by atomic mass is 9.98. The van der Waals surface area contributed by atoms with Gasteiger partial charge in [0.05, 0.1) is 13.2 Å². The van der Waals surface area contributed by atoms with Crippen LogP contribution < -0.4 is 5.73 Å². The predicted molar refractivity (Wildman–Crippen MR) is 69.2 cm³/mol. The van der Waals surface area contributed by atoms with E-state index in [2.05, 4.69) is 0 Å². The molecule has 0 aromatic heterocycles. The molecule has 0 saturated carbocycles. The molecule has 2 aromatic rings. The molecule has 0 saturated heterocycles. The number of ether oxygens (including phenoxy) is 1. The van der Waals surface area contributed by atoms with Crippen molar-refractivity contribution in [3.8, 4) is 0 Å². The molecule has 3 rings (SSSR count). The number of hydrogen-bond donors (Lipinski definition) is 1. The van der Waals surface area contributed by atoms with Gasteiger partial charge in [-0.05, 0) is 35.4 Å². The molecule has 0 amide bonds. The van der Waals surface area contributed by atoms with Crippen molar-refractivity contribution < 1.29 is 13.9 Å². The van der Waals surface area contributed by atoms with E-state index in [4.69, 9.17) is 10.5 Å². The fraction of sp³-hybridized carbons (Fsp3) is 0.133. The van der Waals surface area contributed by atoms with Gasteiger partial charge < -0.3 is 10.5 Å². The topological polar surface area (TPSA) is 52.3 Å². The number of ketones is 1. The SMILES string of the molecule is Nc1cc(F)ccc1C(=O)c1ccc2c(c1)COC2. The summed E-state index contributed by atoms with van der Waals surface area (Å²) in [6.45, 7) is 1.11. The monoisotopic (exact) mass is 257 g/mol. The average Bonchev–Trinajstić information content (AvgIpc) is 2.85. The summed E-state index contributed by atoms with van der Waals surface area (Å²) in [4.78, 5) is 12.3. The summed E-state index contributed by atoms with van der Waals surface area (Å²) in [5.41, 5.74) is 8.83. The second kappa shape index (κ2) is 4.48. The van der Waals surface area contributed by atoms with Crippen molar-refractivity contribution in [2.24, 2.45) is 0 Å². The Morgan fingerprint density at radius 1 is 1.11 bits per heavy atom. The van der Waals surface area contributed by atoms with Crippen molar-refractivity contribution >= 4 is 11.5 Å². The van der Waals surface area contributed by atoms with E-state index in [1.54, 1.807) is 6.07 Å². The maximum absolute atomic E-state index is 13.0. The third-order valence-electron chi connectivity index (χ3n) is 3.24. The molecule has 4 heteroatoms. The summed E-state index contributed by atoms with van der Waals surface area (Å²) in [5, 5.41) is 0. The number of hydrogen-bond acceptors (Lipinski definition) is 3. The maximum atomic E-state index is 13.0. The number of rotatable bonds is 2. The van der Waals surface area contributed by atoms with Gasteiger partial charge in [-0.1, -0.05) is 12.1 Å². The lowest BCUT2D eigenvalue weighted by Gasteiger charge is -2.06. The summed E-state index contributed by atoms with van der Waals surface area (Å²) >= 11 is 0. The number of fused-ring (bicyclic) bond motifs is 1. The van der Waals surface area contributed by atoms with Gasteiger partial charge in [0, 0.05) is 16.8 Å². The number of benzene rings is 2. The van der Waals surface area contributed by atoms with Gasteiger partial charge in [0.1, 0.15) is 5.82 Å². The number of nitrogen functional groups attached to an aromatic ring is 1. The zero-order valence-corrected chi connectivity index (χ0v) is 10.2. The van der Waals surface area contributed by atoms with Crippen molar-refractivity contribution in [2.45, 2.75) is 13.2 Å². The number of carbonyl (C=O) groups is 1. The molecule has 19 heavy (non-hydrogen) atoms. The lowest BCUT2D eigenvalue weighted by molar-refractivity contribution is 0.103. The highest BCUT2D eigenvalue weighted by Gasteiger charge is 2.17. The van der Waals surface area contributed by atoms with Gasteiger partial charge in [0.15, 0.2) is 5.78 Å². The van der Waals surface area contributed by atoms with Gasteiger partial charge in [-0.25, -0.2) is 4.39 Å². The summed E-state index contributed by atoms with van der Waals surface area (Å²) < 4.78 is 18.3. The van der Waals surface area contributed by atoms with Gasteiger partial charge in [0.2, 0.25) is 0 Å².